The number of allylic oxidation sites excluding steroid dienone is 2. The number of benzene rings is 1. The van der Waals surface area contributed by atoms with Gasteiger partial charge in [0.05, 0.1) is 30.8 Å². The summed E-state index contributed by atoms with van der Waals surface area (Å²) in [6.45, 7) is 1.48. The monoisotopic (exact) mass is 577 g/mol. The Morgan fingerprint density at radius 1 is 1.20 bits per heavy atom. The normalized spacial score (nSPS) is 18.6. The predicted octanol–water partition coefficient (Wildman–Crippen LogP) is 5.59. The number of esters is 1. The molecule has 2 unspecified atom stereocenters. The van der Waals surface area contributed by atoms with Crippen LogP contribution in [0.2, 0.25) is 5.02 Å². The molecule has 2 atom stereocenters. The molecule has 9 nitrogen and oxygen atoms in total. The van der Waals surface area contributed by atoms with Gasteiger partial charge in [0.15, 0.2) is 11.5 Å². The second kappa shape index (κ2) is 11.9. The van der Waals surface area contributed by atoms with E-state index >= 15 is 0 Å². The van der Waals surface area contributed by atoms with Gasteiger partial charge in [-0.3, -0.25) is 0 Å². The first-order valence-electron chi connectivity index (χ1n) is 13.6. The summed E-state index contributed by atoms with van der Waals surface area (Å²) in [7, 11) is 1.36. The predicted molar refractivity (Wildman–Crippen MR) is 150 cm³/mol. The number of ether oxygens (including phenoxy) is 3. The average molecular weight is 578 g/mol. The van der Waals surface area contributed by atoms with Crippen molar-refractivity contribution in [3.05, 3.63) is 82.4 Å². The van der Waals surface area contributed by atoms with Crippen LogP contribution in [0.25, 0.3) is 16.7 Å². The maximum absolute atomic E-state index is 14.1. The highest BCUT2D eigenvalue weighted by Gasteiger charge is 2.25. The van der Waals surface area contributed by atoms with Crippen molar-refractivity contribution in [3.8, 4) is 5.88 Å². The van der Waals surface area contributed by atoms with Crippen LogP contribution in [0.15, 0.2) is 48.8 Å². The zero-order chi connectivity index (χ0) is 28.3. The Bertz CT molecular complexity index is 1620. The van der Waals surface area contributed by atoms with Gasteiger partial charge in [-0.1, -0.05) is 23.7 Å². The number of halogens is 2. The lowest BCUT2D eigenvalue weighted by molar-refractivity contribution is -0.0590. The van der Waals surface area contributed by atoms with Crippen molar-refractivity contribution in [1.82, 2.24) is 24.5 Å². The molecule has 1 aliphatic heterocycles. The van der Waals surface area contributed by atoms with E-state index in [4.69, 9.17) is 30.8 Å². The SMILES string of the molecule is COC(=O)c1cnc2nc(CC3CC=C(c4nccc(OCc5ccc(Cl)cc5F)n4)CC3)n(CC3CCO3)c2c1. The van der Waals surface area contributed by atoms with Crippen LogP contribution in [0.1, 0.15) is 53.3 Å². The maximum atomic E-state index is 14.1. The Labute approximate surface area is 241 Å². The standard InChI is InChI=1S/C30H29ClFN5O4/c1-39-30(38)21-13-25-29(34-15-21)35-26(37(25)16-23-9-11-40-23)12-18-2-4-19(5-3-18)28-33-10-8-27(36-28)41-17-20-6-7-22(31)14-24(20)32/h4,6-8,10,13-15,18,23H,2-3,5,9,11-12,16-17H2,1H3. The van der Waals surface area contributed by atoms with Gasteiger partial charge in [0.25, 0.3) is 0 Å². The van der Waals surface area contributed by atoms with E-state index in [1.807, 2.05) is 0 Å². The van der Waals surface area contributed by atoms with Crippen LogP contribution in [0, 0.1) is 11.7 Å². The van der Waals surface area contributed by atoms with Crippen molar-refractivity contribution in [2.45, 2.75) is 51.4 Å². The first kappa shape index (κ1) is 27.3. The largest absolute Gasteiger partial charge is 0.473 e. The van der Waals surface area contributed by atoms with Gasteiger partial charge in [-0.2, -0.15) is 4.98 Å². The van der Waals surface area contributed by atoms with Crippen LogP contribution in [0.3, 0.4) is 0 Å². The van der Waals surface area contributed by atoms with Crippen LogP contribution in [-0.4, -0.2) is 50.3 Å². The van der Waals surface area contributed by atoms with Crippen molar-refractivity contribution in [2.75, 3.05) is 13.7 Å². The number of hydrogen-bond acceptors (Lipinski definition) is 8. The molecule has 4 aromatic rings. The van der Waals surface area contributed by atoms with Crippen molar-refractivity contribution in [1.29, 1.82) is 0 Å². The summed E-state index contributed by atoms with van der Waals surface area (Å²) in [6, 6.07) is 7.96. The van der Waals surface area contributed by atoms with Gasteiger partial charge in [0.2, 0.25) is 5.88 Å². The highest BCUT2D eigenvalue weighted by Crippen LogP contribution is 2.32. The molecule has 4 heterocycles. The molecule has 2 aliphatic rings. The van der Waals surface area contributed by atoms with Gasteiger partial charge in [-0.05, 0) is 55.4 Å². The summed E-state index contributed by atoms with van der Waals surface area (Å²) in [5, 5.41) is 0.340. The molecule has 11 heteroatoms. The number of hydrogen-bond donors (Lipinski definition) is 0. The van der Waals surface area contributed by atoms with Crippen molar-refractivity contribution >= 4 is 34.3 Å². The summed E-state index contributed by atoms with van der Waals surface area (Å²) in [4.78, 5) is 30.4. The fourth-order valence-electron chi connectivity index (χ4n) is 5.18. The Kier molecular flexibility index (Phi) is 7.93. The topological polar surface area (TPSA) is 101 Å². The molecular formula is C30H29ClFN5O4. The number of fused-ring (bicyclic) bond motifs is 1. The number of aromatic nitrogens is 5. The van der Waals surface area contributed by atoms with Crippen molar-refractivity contribution < 1.29 is 23.4 Å². The van der Waals surface area contributed by atoms with Crippen LogP contribution in [0.4, 0.5) is 4.39 Å². The third-order valence-corrected chi connectivity index (χ3v) is 7.82. The van der Waals surface area contributed by atoms with E-state index in [-0.39, 0.29) is 12.7 Å². The van der Waals surface area contributed by atoms with Gasteiger partial charge in [-0.25, -0.2) is 24.1 Å². The Hall–Kier alpha value is -3.89. The van der Waals surface area contributed by atoms with Crippen LogP contribution in [-0.2, 0) is 29.0 Å². The summed E-state index contributed by atoms with van der Waals surface area (Å²) in [5.41, 5.74) is 3.29. The van der Waals surface area contributed by atoms with Gasteiger partial charge in [0, 0.05) is 42.1 Å². The maximum Gasteiger partial charge on any atom is 0.339 e. The van der Waals surface area contributed by atoms with Crippen LogP contribution < -0.4 is 4.74 Å². The molecule has 0 radical (unpaired) electrons. The molecule has 0 bridgehead atoms. The van der Waals surface area contributed by atoms with Gasteiger partial charge in [0.1, 0.15) is 18.2 Å². The number of carbonyl (C=O) groups excluding carboxylic acids is 1. The molecule has 0 spiro atoms. The lowest BCUT2D eigenvalue weighted by Crippen LogP contribution is -2.32. The first-order chi connectivity index (χ1) is 20.0. The minimum atomic E-state index is -0.424. The van der Waals surface area contributed by atoms with Crippen LogP contribution >= 0.6 is 11.6 Å². The zero-order valence-electron chi connectivity index (χ0n) is 22.6. The second-order valence-electron chi connectivity index (χ2n) is 10.3. The number of carbonyl (C=O) groups is 1. The average Bonchev–Trinajstić information content (AvgIpc) is 3.30. The second-order valence-corrected chi connectivity index (χ2v) is 10.7. The lowest BCUT2D eigenvalue weighted by Gasteiger charge is -2.28. The number of pyridine rings is 1. The summed E-state index contributed by atoms with van der Waals surface area (Å²) in [6.07, 6.45) is 9.86. The molecule has 212 valence electrons. The molecule has 1 fully saturated rings. The third-order valence-electron chi connectivity index (χ3n) is 7.58. The highest BCUT2D eigenvalue weighted by molar-refractivity contribution is 6.30. The molecule has 1 aromatic carbocycles. The molecule has 6 rings (SSSR count). The van der Waals surface area contributed by atoms with E-state index in [0.29, 0.717) is 46.0 Å². The smallest absolute Gasteiger partial charge is 0.339 e. The quantitative estimate of drug-likeness (QED) is 0.237. The van der Waals surface area contributed by atoms with E-state index in [1.54, 1.807) is 30.5 Å². The molecule has 0 N–H and O–H groups in total. The number of methoxy groups -OCH3 is 1. The molecule has 1 saturated heterocycles. The Balaban J connectivity index is 1.15. The fourth-order valence-corrected chi connectivity index (χ4v) is 5.34. The molecule has 1 aliphatic carbocycles. The zero-order valence-corrected chi connectivity index (χ0v) is 23.3. The first-order valence-corrected chi connectivity index (χ1v) is 14.0. The van der Waals surface area contributed by atoms with E-state index in [0.717, 1.165) is 55.6 Å². The molecule has 3 aromatic heterocycles. The van der Waals surface area contributed by atoms with Crippen molar-refractivity contribution in [3.63, 3.8) is 0 Å². The molecular weight excluding hydrogens is 549 g/mol. The fraction of sp³-hybridized carbons (Fsp3) is 0.367. The molecule has 41 heavy (non-hydrogen) atoms. The van der Waals surface area contributed by atoms with E-state index < -0.39 is 11.8 Å². The van der Waals surface area contributed by atoms with Gasteiger partial charge >= 0.3 is 5.97 Å². The minimum absolute atomic E-state index is 0.0451. The van der Waals surface area contributed by atoms with E-state index in [1.165, 1.54) is 19.4 Å². The number of rotatable bonds is 9. The number of nitrogens with zero attached hydrogens (tertiary/aromatic N) is 5. The van der Waals surface area contributed by atoms with E-state index in [9.17, 15) is 9.18 Å². The van der Waals surface area contributed by atoms with Gasteiger partial charge in [-0.15, -0.1) is 0 Å². The van der Waals surface area contributed by atoms with E-state index in [2.05, 4.69) is 25.6 Å². The number of imidazole rings is 1. The minimum Gasteiger partial charge on any atom is -0.473 e. The summed E-state index contributed by atoms with van der Waals surface area (Å²) >= 11 is 5.84. The molecule has 0 amide bonds. The van der Waals surface area contributed by atoms with Gasteiger partial charge < -0.3 is 18.8 Å². The summed E-state index contributed by atoms with van der Waals surface area (Å²) < 4.78 is 32.6. The third kappa shape index (κ3) is 6.08. The Morgan fingerprint density at radius 3 is 2.80 bits per heavy atom. The van der Waals surface area contributed by atoms with Crippen LogP contribution in [0.5, 0.6) is 5.88 Å². The molecule has 0 saturated carbocycles. The summed E-state index contributed by atoms with van der Waals surface area (Å²) in [5.74, 6) is 1.48. The van der Waals surface area contributed by atoms with Crippen molar-refractivity contribution in [2.24, 2.45) is 5.92 Å². The Morgan fingerprint density at radius 2 is 2.07 bits per heavy atom. The highest BCUT2D eigenvalue weighted by atomic mass is 35.5. The lowest BCUT2D eigenvalue weighted by atomic mass is 9.87.